The number of carboxylic acids is 1. The number of carboxylic acid groups (broad SMARTS) is 1. The van der Waals surface area contributed by atoms with Gasteiger partial charge in [-0.1, -0.05) is 91.0 Å². The number of anilines is 1. The van der Waals surface area contributed by atoms with Gasteiger partial charge in [0.05, 0.1) is 0 Å². The number of rotatable bonds is 8. The van der Waals surface area contributed by atoms with E-state index < -0.39 is 5.97 Å². The van der Waals surface area contributed by atoms with Crippen molar-refractivity contribution in [3.05, 3.63) is 138 Å². The molecule has 0 unspecified atom stereocenters. The van der Waals surface area contributed by atoms with Crippen molar-refractivity contribution in [3.8, 4) is 0 Å². The van der Waals surface area contributed by atoms with E-state index in [4.69, 9.17) is 0 Å². The lowest BCUT2D eigenvalue weighted by molar-refractivity contribution is 0.0686. The summed E-state index contributed by atoms with van der Waals surface area (Å²) in [4.78, 5) is 14.4. The molecule has 168 valence electrons. The maximum Gasteiger partial charge on any atom is 0.352 e. The number of aromatic nitrogens is 1. The summed E-state index contributed by atoms with van der Waals surface area (Å²) in [7, 11) is 0. The first-order chi connectivity index (χ1) is 16.7. The zero-order valence-corrected chi connectivity index (χ0v) is 18.8. The van der Waals surface area contributed by atoms with Gasteiger partial charge in [-0.25, -0.2) is 4.79 Å². The van der Waals surface area contributed by atoms with Gasteiger partial charge in [0.25, 0.3) is 0 Å². The third-order valence-corrected chi connectivity index (χ3v) is 6.09. The largest absolute Gasteiger partial charge is 0.477 e. The minimum atomic E-state index is -0.917. The second-order valence-electron chi connectivity index (χ2n) is 8.48. The van der Waals surface area contributed by atoms with E-state index in [0.717, 1.165) is 35.2 Å². The molecule has 1 heterocycles. The van der Waals surface area contributed by atoms with Crippen LogP contribution >= 0.6 is 0 Å². The standard InChI is InChI=1S/C30H26N2O2/c33-30(34)29-19-26-18-27(16-17-28(26)32(29)22-25-14-8-3-9-15-25)31(20-23-10-4-1-5-11-23)21-24-12-6-2-7-13-24/h1-19H,20-22H2,(H,33,34). The number of nitrogens with zero attached hydrogens (tertiary/aromatic N) is 2. The molecule has 5 aromatic rings. The molecule has 0 spiro atoms. The molecule has 5 rings (SSSR count). The van der Waals surface area contributed by atoms with E-state index in [1.807, 2.05) is 53.1 Å². The van der Waals surface area contributed by atoms with Crippen molar-refractivity contribution < 1.29 is 9.90 Å². The summed E-state index contributed by atoms with van der Waals surface area (Å²) in [5, 5.41) is 10.8. The summed E-state index contributed by atoms with van der Waals surface area (Å²) >= 11 is 0. The van der Waals surface area contributed by atoms with E-state index in [1.165, 1.54) is 11.1 Å². The minimum Gasteiger partial charge on any atom is -0.477 e. The molecule has 0 amide bonds. The number of benzene rings is 4. The predicted molar refractivity (Wildman–Crippen MR) is 137 cm³/mol. The highest BCUT2D eigenvalue weighted by atomic mass is 16.4. The minimum absolute atomic E-state index is 0.300. The van der Waals surface area contributed by atoms with Crippen molar-refractivity contribution >= 4 is 22.6 Å². The Bertz CT molecular complexity index is 1350. The van der Waals surface area contributed by atoms with Crippen molar-refractivity contribution in [2.75, 3.05) is 4.90 Å². The van der Waals surface area contributed by atoms with Gasteiger partial charge in [0.1, 0.15) is 5.69 Å². The van der Waals surface area contributed by atoms with E-state index >= 15 is 0 Å². The van der Waals surface area contributed by atoms with Crippen molar-refractivity contribution in [1.82, 2.24) is 4.57 Å². The average Bonchev–Trinajstić information content (AvgIpc) is 3.23. The first kappa shape index (κ1) is 21.5. The zero-order chi connectivity index (χ0) is 23.3. The summed E-state index contributed by atoms with van der Waals surface area (Å²) in [6.07, 6.45) is 0. The Hall–Kier alpha value is -4.31. The number of fused-ring (bicyclic) bond motifs is 1. The van der Waals surface area contributed by atoms with Gasteiger partial charge in [0.15, 0.2) is 0 Å². The molecule has 0 bridgehead atoms. The van der Waals surface area contributed by atoms with E-state index in [9.17, 15) is 9.90 Å². The number of hydrogen-bond donors (Lipinski definition) is 1. The second-order valence-corrected chi connectivity index (χ2v) is 8.48. The molecule has 1 aromatic heterocycles. The molecule has 4 heteroatoms. The highest BCUT2D eigenvalue weighted by Gasteiger charge is 2.17. The van der Waals surface area contributed by atoms with Crippen LogP contribution in [0.15, 0.2) is 115 Å². The molecular weight excluding hydrogens is 420 g/mol. The molecule has 34 heavy (non-hydrogen) atoms. The zero-order valence-electron chi connectivity index (χ0n) is 18.8. The van der Waals surface area contributed by atoms with Crippen molar-refractivity contribution in [3.63, 3.8) is 0 Å². The fraction of sp³-hybridized carbons (Fsp3) is 0.100. The monoisotopic (exact) mass is 446 g/mol. The highest BCUT2D eigenvalue weighted by Crippen LogP contribution is 2.28. The summed E-state index contributed by atoms with van der Waals surface area (Å²) < 4.78 is 1.88. The van der Waals surface area contributed by atoms with Crippen molar-refractivity contribution in [2.24, 2.45) is 0 Å². The van der Waals surface area contributed by atoms with E-state index in [-0.39, 0.29) is 0 Å². The van der Waals surface area contributed by atoms with Gasteiger partial charge in [-0.05, 0) is 41.0 Å². The molecule has 0 aliphatic carbocycles. The van der Waals surface area contributed by atoms with E-state index in [2.05, 4.69) is 65.6 Å². The van der Waals surface area contributed by atoms with Crippen molar-refractivity contribution in [1.29, 1.82) is 0 Å². The van der Waals surface area contributed by atoms with Crippen LogP contribution in [0, 0.1) is 0 Å². The smallest absolute Gasteiger partial charge is 0.352 e. The highest BCUT2D eigenvalue weighted by molar-refractivity contribution is 5.95. The Labute approximate surface area is 199 Å². The maximum atomic E-state index is 12.1. The SMILES string of the molecule is O=C(O)c1cc2cc(N(Cc3ccccc3)Cc3ccccc3)ccc2n1Cc1ccccc1. The summed E-state index contributed by atoms with van der Waals surface area (Å²) in [5.41, 5.74) is 5.81. The van der Waals surface area contributed by atoms with Gasteiger partial charge >= 0.3 is 5.97 Å². The lowest BCUT2D eigenvalue weighted by atomic mass is 10.1. The first-order valence-electron chi connectivity index (χ1n) is 11.4. The van der Waals surface area contributed by atoms with Crippen LogP contribution in [-0.4, -0.2) is 15.6 Å². The average molecular weight is 447 g/mol. The summed E-state index contributed by atoms with van der Waals surface area (Å²) in [6.45, 7) is 2.04. The van der Waals surface area contributed by atoms with Gasteiger partial charge in [-0.15, -0.1) is 0 Å². The van der Waals surface area contributed by atoms with Crippen LogP contribution in [0.4, 0.5) is 5.69 Å². The van der Waals surface area contributed by atoms with Gasteiger partial charge in [0, 0.05) is 36.2 Å². The van der Waals surface area contributed by atoms with Gasteiger partial charge in [-0.3, -0.25) is 0 Å². The van der Waals surface area contributed by atoms with Crippen LogP contribution in [0.2, 0.25) is 0 Å². The lowest BCUT2D eigenvalue weighted by Crippen LogP contribution is -2.22. The summed E-state index contributed by atoms with van der Waals surface area (Å²) in [6, 6.07) is 38.8. The molecule has 4 nitrogen and oxygen atoms in total. The lowest BCUT2D eigenvalue weighted by Gasteiger charge is -2.25. The van der Waals surface area contributed by atoms with Crippen molar-refractivity contribution in [2.45, 2.75) is 19.6 Å². The molecule has 0 fully saturated rings. The topological polar surface area (TPSA) is 45.5 Å². The van der Waals surface area contributed by atoms with Gasteiger partial charge in [-0.2, -0.15) is 0 Å². The van der Waals surface area contributed by atoms with E-state index in [0.29, 0.717) is 12.2 Å². The van der Waals surface area contributed by atoms with Gasteiger partial charge in [0.2, 0.25) is 0 Å². The van der Waals surface area contributed by atoms with Crippen LogP contribution in [0.1, 0.15) is 27.2 Å². The molecule has 4 aromatic carbocycles. The van der Waals surface area contributed by atoms with Gasteiger partial charge < -0.3 is 14.6 Å². The third kappa shape index (κ3) is 4.71. The normalized spacial score (nSPS) is 10.9. The second kappa shape index (κ2) is 9.67. The molecule has 0 atom stereocenters. The molecular formula is C30H26N2O2. The van der Waals surface area contributed by atoms with Crippen LogP contribution in [0.5, 0.6) is 0 Å². The van der Waals surface area contributed by atoms with Crippen LogP contribution < -0.4 is 4.90 Å². The first-order valence-corrected chi connectivity index (χ1v) is 11.4. The predicted octanol–water partition coefficient (Wildman–Crippen LogP) is 6.59. The molecule has 1 N–H and O–H groups in total. The fourth-order valence-corrected chi connectivity index (χ4v) is 4.41. The summed E-state index contributed by atoms with van der Waals surface area (Å²) in [5.74, 6) is -0.917. The fourth-order valence-electron chi connectivity index (χ4n) is 4.41. The molecule has 0 saturated carbocycles. The number of hydrogen-bond acceptors (Lipinski definition) is 2. The van der Waals surface area contributed by atoms with E-state index in [1.54, 1.807) is 6.07 Å². The number of aromatic carboxylic acids is 1. The number of carbonyl (C=O) groups is 1. The Balaban J connectivity index is 1.54. The molecule has 0 saturated heterocycles. The van der Waals surface area contributed by atoms with Crippen LogP contribution in [0.25, 0.3) is 10.9 Å². The third-order valence-electron chi connectivity index (χ3n) is 6.09. The Morgan fingerprint density at radius 2 is 1.21 bits per heavy atom. The quantitative estimate of drug-likeness (QED) is 0.292. The van der Waals surface area contributed by atoms with Crippen LogP contribution in [0.3, 0.4) is 0 Å². The Morgan fingerprint density at radius 3 is 1.74 bits per heavy atom. The molecule has 0 aliphatic rings. The Kier molecular flexibility index (Phi) is 6.13. The maximum absolute atomic E-state index is 12.1. The van der Waals surface area contributed by atoms with Crippen LogP contribution in [-0.2, 0) is 19.6 Å². The molecule has 0 aliphatic heterocycles. The Morgan fingerprint density at radius 1 is 0.676 bits per heavy atom. The molecule has 0 radical (unpaired) electrons.